The van der Waals surface area contributed by atoms with Gasteiger partial charge in [0.2, 0.25) is 0 Å². The Morgan fingerprint density at radius 1 is 1.10 bits per heavy atom. The number of nitrogens with zero attached hydrogens (tertiary/aromatic N) is 1. The van der Waals surface area contributed by atoms with Crippen LogP contribution in [0.15, 0.2) is 42.5 Å². The van der Waals surface area contributed by atoms with Gasteiger partial charge >= 0.3 is 5.97 Å². The zero-order valence-corrected chi connectivity index (χ0v) is 11.5. The first kappa shape index (κ1) is 13.8. The number of carbonyl (C=O) groups excluding carboxylic acids is 1. The maximum atomic E-state index is 12.1. The summed E-state index contributed by atoms with van der Waals surface area (Å²) in [5, 5.41) is 8.60. The summed E-state index contributed by atoms with van der Waals surface area (Å²) in [6.07, 6.45) is 0.352. The van der Waals surface area contributed by atoms with Crippen molar-refractivity contribution >= 4 is 5.97 Å². The van der Waals surface area contributed by atoms with Crippen LogP contribution in [0.5, 0.6) is 5.75 Å². The number of carbonyl (C=O) groups is 1. The molecule has 0 fully saturated rings. The molecule has 0 saturated carbocycles. The fourth-order valence-corrected chi connectivity index (χ4v) is 2.03. The van der Waals surface area contributed by atoms with E-state index in [0.29, 0.717) is 17.7 Å². The molecule has 0 N–H and O–H groups in total. The van der Waals surface area contributed by atoms with Gasteiger partial charge in [0.05, 0.1) is 18.1 Å². The Hall–Kier alpha value is -2.60. The van der Waals surface area contributed by atoms with Crippen LogP contribution in [-0.4, -0.2) is 5.97 Å². The second-order valence-electron chi connectivity index (χ2n) is 4.74. The number of ether oxygens (including phenoxy) is 1. The van der Waals surface area contributed by atoms with Crippen LogP contribution in [0.4, 0.5) is 0 Å². The Morgan fingerprint density at radius 2 is 1.70 bits per heavy atom. The molecule has 0 aliphatic heterocycles. The van der Waals surface area contributed by atoms with Gasteiger partial charge in [-0.3, -0.25) is 0 Å². The van der Waals surface area contributed by atoms with E-state index in [0.717, 1.165) is 16.7 Å². The second-order valence-corrected chi connectivity index (χ2v) is 4.74. The molecule has 100 valence electrons. The normalized spacial score (nSPS) is 9.85. The van der Waals surface area contributed by atoms with Crippen molar-refractivity contribution in [2.45, 2.75) is 20.3 Å². The lowest BCUT2D eigenvalue weighted by molar-refractivity contribution is 0.0734. The van der Waals surface area contributed by atoms with Gasteiger partial charge in [0, 0.05) is 0 Å². The van der Waals surface area contributed by atoms with Crippen LogP contribution >= 0.6 is 0 Å². The highest BCUT2D eigenvalue weighted by Crippen LogP contribution is 2.16. The maximum absolute atomic E-state index is 12.1. The molecular formula is C17H15NO2. The molecule has 0 saturated heterocycles. The first-order valence-electron chi connectivity index (χ1n) is 6.35. The van der Waals surface area contributed by atoms with E-state index in [-0.39, 0.29) is 5.97 Å². The van der Waals surface area contributed by atoms with Crippen molar-refractivity contribution in [2.24, 2.45) is 0 Å². The summed E-state index contributed by atoms with van der Waals surface area (Å²) in [5.41, 5.74) is 3.50. The molecule has 3 heteroatoms. The Kier molecular flexibility index (Phi) is 4.17. The summed E-state index contributed by atoms with van der Waals surface area (Å²) >= 11 is 0. The highest BCUT2D eigenvalue weighted by Gasteiger charge is 2.09. The third kappa shape index (κ3) is 3.46. The molecule has 0 radical (unpaired) electrons. The average molecular weight is 265 g/mol. The predicted octanol–water partition coefficient (Wildman–Crippen LogP) is 3.59. The summed E-state index contributed by atoms with van der Waals surface area (Å²) in [6.45, 7) is 3.89. The van der Waals surface area contributed by atoms with Gasteiger partial charge in [-0.1, -0.05) is 29.3 Å². The molecule has 0 bridgehead atoms. The van der Waals surface area contributed by atoms with Crippen LogP contribution in [0.2, 0.25) is 0 Å². The quantitative estimate of drug-likeness (QED) is 0.629. The molecule has 0 aliphatic carbocycles. The van der Waals surface area contributed by atoms with E-state index in [2.05, 4.69) is 6.07 Å². The van der Waals surface area contributed by atoms with Crippen molar-refractivity contribution in [3.63, 3.8) is 0 Å². The van der Waals surface area contributed by atoms with Crippen LogP contribution < -0.4 is 4.74 Å². The smallest absolute Gasteiger partial charge is 0.343 e. The number of hydrogen-bond acceptors (Lipinski definition) is 3. The summed E-state index contributed by atoms with van der Waals surface area (Å²) in [7, 11) is 0. The van der Waals surface area contributed by atoms with E-state index >= 15 is 0 Å². The van der Waals surface area contributed by atoms with Crippen LogP contribution in [0.25, 0.3) is 0 Å². The molecule has 0 aromatic heterocycles. The molecule has 0 amide bonds. The van der Waals surface area contributed by atoms with E-state index in [1.54, 1.807) is 36.4 Å². The molecule has 0 heterocycles. The monoisotopic (exact) mass is 265 g/mol. The zero-order valence-electron chi connectivity index (χ0n) is 11.5. The predicted molar refractivity (Wildman–Crippen MR) is 76.6 cm³/mol. The van der Waals surface area contributed by atoms with Gasteiger partial charge in [0.1, 0.15) is 5.75 Å². The minimum Gasteiger partial charge on any atom is -0.423 e. The minimum atomic E-state index is -0.371. The molecule has 0 atom stereocenters. The number of benzene rings is 2. The molecule has 0 aliphatic rings. The van der Waals surface area contributed by atoms with Gasteiger partial charge in [0.25, 0.3) is 0 Å². The first-order valence-corrected chi connectivity index (χ1v) is 6.35. The average Bonchev–Trinajstić information content (AvgIpc) is 2.40. The molecule has 20 heavy (non-hydrogen) atoms. The van der Waals surface area contributed by atoms with Crippen molar-refractivity contribution < 1.29 is 9.53 Å². The van der Waals surface area contributed by atoms with Gasteiger partial charge in [-0.05, 0) is 43.7 Å². The molecule has 0 unspecified atom stereocenters. The Labute approximate surface area is 118 Å². The highest BCUT2D eigenvalue weighted by molar-refractivity contribution is 5.91. The fraction of sp³-hybridized carbons (Fsp3) is 0.176. The van der Waals surface area contributed by atoms with Gasteiger partial charge in [-0.2, -0.15) is 5.26 Å². The SMILES string of the molecule is Cc1cc(C)cc(C(=O)Oc2ccc(CC#N)cc2)c1. The summed E-state index contributed by atoms with van der Waals surface area (Å²) in [5.74, 6) is 0.112. The largest absolute Gasteiger partial charge is 0.423 e. The van der Waals surface area contributed by atoms with Crippen molar-refractivity contribution in [1.29, 1.82) is 5.26 Å². The minimum absolute atomic E-state index is 0.352. The zero-order chi connectivity index (χ0) is 14.5. The topological polar surface area (TPSA) is 50.1 Å². The van der Waals surface area contributed by atoms with Gasteiger partial charge in [-0.25, -0.2) is 4.79 Å². The first-order chi connectivity index (χ1) is 9.58. The number of hydrogen-bond donors (Lipinski definition) is 0. The third-order valence-corrected chi connectivity index (χ3v) is 2.87. The molecule has 2 rings (SSSR count). The Morgan fingerprint density at radius 3 is 2.25 bits per heavy atom. The van der Waals surface area contributed by atoms with Crippen molar-refractivity contribution in [1.82, 2.24) is 0 Å². The van der Waals surface area contributed by atoms with E-state index in [9.17, 15) is 4.79 Å². The third-order valence-electron chi connectivity index (χ3n) is 2.87. The molecular weight excluding hydrogens is 250 g/mol. The maximum Gasteiger partial charge on any atom is 0.343 e. The Bertz CT molecular complexity index is 646. The van der Waals surface area contributed by atoms with E-state index in [1.165, 1.54) is 0 Å². The van der Waals surface area contributed by atoms with Gasteiger partial charge in [-0.15, -0.1) is 0 Å². The van der Waals surface area contributed by atoms with Crippen LogP contribution in [0.3, 0.4) is 0 Å². The summed E-state index contributed by atoms with van der Waals surface area (Å²) in [6, 6.07) is 14.7. The lowest BCUT2D eigenvalue weighted by atomic mass is 10.1. The van der Waals surface area contributed by atoms with Crippen molar-refractivity contribution in [3.05, 3.63) is 64.7 Å². The molecule has 3 nitrogen and oxygen atoms in total. The van der Waals surface area contributed by atoms with Gasteiger partial charge in [0.15, 0.2) is 0 Å². The Balaban J connectivity index is 2.13. The molecule has 2 aromatic carbocycles. The fourth-order valence-electron chi connectivity index (χ4n) is 2.03. The lowest BCUT2D eigenvalue weighted by Gasteiger charge is -2.06. The van der Waals surface area contributed by atoms with Crippen molar-refractivity contribution in [3.8, 4) is 11.8 Å². The van der Waals surface area contributed by atoms with E-state index in [1.807, 2.05) is 19.9 Å². The summed E-state index contributed by atoms with van der Waals surface area (Å²) < 4.78 is 5.32. The number of aryl methyl sites for hydroxylation is 2. The standard InChI is InChI=1S/C17H15NO2/c1-12-9-13(2)11-15(10-12)17(19)20-16-5-3-14(4-6-16)7-8-18/h3-6,9-11H,7H2,1-2H3. The van der Waals surface area contributed by atoms with E-state index < -0.39 is 0 Å². The van der Waals surface area contributed by atoms with Crippen LogP contribution in [0, 0.1) is 25.2 Å². The van der Waals surface area contributed by atoms with Crippen LogP contribution in [0.1, 0.15) is 27.0 Å². The molecule has 0 spiro atoms. The van der Waals surface area contributed by atoms with E-state index in [4.69, 9.17) is 10.00 Å². The summed E-state index contributed by atoms with van der Waals surface area (Å²) in [4.78, 5) is 12.1. The van der Waals surface area contributed by atoms with Gasteiger partial charge < -0.3 is 4.74 Å². The number of nitriles is 1. The van der Waals surface area contributed by atoms with Crippen LogP contribution in [-0.2, 0) is 6.42 Å². The molecule has 2 aromatic rings. The van der Waals surface area contributed by atoms with Crippen molar-refractivity contribution in [2.75, 3.05) is 0 Å². The number of esters is 1. The lowest BCUT2D eigenvalue weighted by Crippen LogP contribution is -2.09. The number of rotatable bonds is 3. The second kappa shape index (κ2) is 6.03. The highest BCUT2D eigenvalue weighted by atomic mass is 16.5.